The van der Waals surface area contributed by atoms with Gasteiger partial charge >= 0.3 is 0 Å². The van der Waals surface area contributed by atoms with Gasteiger partial charge in [-0.2, -0.15) is 0 Å². The third kappa shape index (κ3) is 4.55. The Morgan fingerprint density at radius 2 is 2.08 bits per heavy atom. The molecule has 1 aromatic carbocycles. The lowest BCUT2D eigenvalue weighted by molar-refractivity contribution is 0.700. The molecule has 0 N–H and O–H groups in total. The highest BCUT2D eigenvalue weighted by Crippen LogP contribution is 2.13. The van der Waals surface area contributed by atoms with Crippen LogP contribution in [-0.4, -0.2) is 5.80 Å². The molecule has 0 aromatic heterocycles. The van der Waals surface area contributed by atoms with Gasteiger partial charge in [0.2, 0.25) is 0 Å². The Morgan fingerprint density at radius 3 is 2.69 bits per heavy atom. The number of hydrogen-bond donors (Lipinski definition) is 0. The Bertz CT molecular complexity index is 254. The van der Waals surface area contributed by atoms with E-state index in [1.54, 1.807) is 0 Å². The minimum Gasteiger partial charge on any atom is -0.498 e. The molecular formula is C11H15P2-. The number of benzene rings is 1. The van der Waals surface area contributed by atoms with Gasteiger partial charge in [-0.15, -0.1) is 0 Å². The molecule has 0 aliphatic rings. The van der Waals surface area contributed by atoms with Crippen LogP contribution < -0.4 is 0 Å². The van der Waals surface area contributed by atoms with Crippen LogP contribution >= 0.6 is 16.8 Å². The van der Waals surface area contributed by atoms with Crippen molar-refractivity contribution in [2.75, 3.05) is 0 Å². The largest absolute Gasteiger partial charge is 0.498 e. The van der Waals surface area contributed by atoms with Crippen molar-refractivity contribution in [1.82, 2.24) is 0 Å². The van der Waals surface area contributed by atoms with Crippen molar-refractivity contribution in [1.29, 1.82) is 0 Å². The van der Waals surface area contributed by atoms with E-state index in [9.17, 15) is 0 Å². The number of hydrogen-bond acceptors (Lipinski definition) is 0. The lowest BCUT2D eigenvalue weighted by Crippen LogP contribution is -1.96. The molecule has 0 amide bonds. The number of aryl methyl sites for hydroxylation is 1. The van der Waals surface area contributed by atoms with Gasteiger partial charge in [-0.25, -0.2) is 0 Å². The highest BCUT2D eigenvalue weighted by molar-refractivity contribution is 8.01. The Morgan fingerprint density at radius 1 is 1.38 bits per heavy atom. The first-order valence-electron chi connectivity index (χ1n) is 4.56. The predicted octanol–water partition coefficient (Wildman–Crippen LogP) is 4.06. The summed E-state index contributed by atoms with van der Waals surface area (Å²) < 4.78 is 0. The van der Waals surface area contributed by atoms with E-state index in [0.29, 0.717) is 5.92 Å². The average Bonchev–Trinajstić information content (AvgIpc) is 2.17. The van der Waals surface area contributed by atoms with Gasteiger partial charge in [-0.3, -0.25) is 0 Å². The lowest BCUT2D eigenvalue weighted by atomic mass is 10.0. The summed E-state index contributed by atoms with van der Waals surface area (Å²) in [6.07, 6.45) is 2.42. The maximum absolute atomic E-state index is 3.44. The zero-order chi connectivity index (χ0) is 9.52. The second kappa shape index (κ2) is 6.30. The molecule has 0 saturated carbocycles. The van der Waals surface area contributed by atoms with E-state index < -0.39 is 0 Å². The van der Waals surface area contributed by atoms with Crippen molar-refractivity contribution in [3.63, 3.8) is 0 Å². The van der Waals surface area contributed by atoms with Crippen LogP contribution in [0.2, 0.25) is 0 Å². The molecule has 1 atom stereocenters. The summed E-state index contributed by atoms with van der Waals surface area (Å²) >= 11 is 0. The van der Waals surface area contributed by atoms with Gasteiger partial charge in [0.25, 0.3) is 0 Å². The molecule has 2 heteroatoms. The van der Waals surface area contributed by atoms with E-state index in [4.69, 9.17) is 0 Å². The van der Waals surface area contributed by atoms with E-state index in [2.05, 4.69) is 52.0 Å². The van der Waals surface area contributed by atoms with Crippen LogP contribution in [-0.2, 0) is 6.42 Å². The molecule has 0 heterocycles. The number of rotatable bonds is 4. The van der Waals surface area contributed by atoms with E-state index in [1.165, 1.54) is 26.3 Å². The molecule has 0 spiro atoms. The molecule has 0 saturated heterocycles. The van der Waals surface area contributed by atoms with Gasteiger partial charge in [-0.05, 0) is 24.3 Å². The van der Waals surface area contributed by atoms with Gasteiger partial charge in [0.05, 0.1) is 0 Å². The Hall–Kier alpha value is -0.180. The van der Waals surface area contributed by atoms with E-state index in [0.717, 1.165) is 0 Å². The van der Waals surface area contributed by atoms with Crippen molar-refractivity contribution in [3.8, 4) is 0 Å². The van der Waals surface area contributed by atoms with Gasteiger partial charge in [0, 0.05) is 0 Å². The second-order valence-corrected chi connectivity index (χ2v) is 4.61. The van der Waals surface area contributed by atoms with Crippen LogP contribution in [0.25, 0.3) is 0 Å². The zero-order valence-electron chi connectivity index (χ0n) is 7.90. The average molecular weight is 209 g/mol. The fraction of sp³-hybridized carbons (Fsp3) is 0.364. The smallest absolute Gasteiger partial charge is 0.0240 e. The topological polar surface area (TPSA) is 0 Å². The van der Waals surface area contributed by atoms with E-state index in [-0.39, 0.29) is 0 Å². The molecule has 0 nitrogen and oxygen atoms in total. The zero-order valence-corrected chi connectivity index (χ0v) is 9.80. The van der Waals surface area contributed by atoms with Gasteiger partial charge < -0.3 is 16.8 Å². The van der Waals surface area contributed by atoms with E-state index in [1.807, 2.05) is 0 Å². The van der Waals surface area contributed by atoms with Crippen molar-refractivity contribution in [2.45, 2.75) is 19.8 Å². The van der Waals surface area contributed by atoms with Crippen LogP contribution in [0.4, 0.5) is 0 Å². The third-order valence-corrected chi connectivity index (χ3v) is 3.17. The summed E-state index contributed by atoms with van der Waals surface area (Å²) in [6, 6.07) is 10.7. The van der Waals surface area contributed by atoms with E-state index >= 15 is 0 Å². The molecule has 0 fully saturated rings. The van der Waals surface area contributed by atoms with Crippen LogP contribution in [0.1, 0.15) is 18.9 Å². The first-order valence-corrected chi connectivity index (χ1v) is 6.87. The second-order valence-electron chi connectivity index (χ2n) is 3.28. The monoisotopic (exact) mass is 209 g/mol. The minimum atomic E-state index is 0.694. The van der Waals surface area contributed by atoms with Crippen molar-refractivity contribution in [2.24, 2.45) is 5.92 Å². The molecule has 1 aromatic rings. The quantitative estimate of drug-likeness (QED) is 0.656. The Labute approximate surface area is 84.7 Å². The van der Waals surface area contributed by atoms with Crippen molar-refractivity contribution < 1.29 is 0 Å². The normalized spacial score (nSPS) is 13.4. The van der Waals surface area contributed by atoms with Gasteiger partial charge in [0.1, 0.15) is 0 Å². The highest BCUT2D eigenvalue weighted by Gasteiger charge is 1.96. The summed E-state index contributed by atoms with van der Waals surface area (Å²) in [5, 5.41) is 0. The standard InChI is InChI=1S/C11H15P2/c1-10(9-13-12)7-8-11-5-3-2-4-6-11/h2-6,9-10,12H,7-8H2,1H3/q-1. The molecular weight excluding hydrogens is 194 g/mol. The minimum absolute atomic E-state index is 0.694. The molecule has 1 rings (SSSR count). The first-order chi connectivity index (χ1) is 6.33. The molecule has 0 aliphatic carbocycles. The molecule has 0 aliphatic heterocycles. The lowest BCUT2D eigenvalue weighted by Gasteiger charge is -2.06. The third-order valence-electron chi connectivity index (χ3n) is 2.06. The van der Waals surface area contributed by atoms with Crippen LogP contribution in [0.5, 0.6) is 0 Å². The molecule has 1 unspecified atom stereocenters. The highest BCUT2D eigenvalue weighted by atomic mass is 32.0. The van der Waals surface area contributed by atoms with Crippen molar-refractivity contribution >= 4 is 22.6 Å². The maximum atomic E-state index is 3.44. The van der Waals surface area contributed by atoms with Crippen molar-refractivity contribution in [3.05, 3.63) is 35.9 Å². The summed E-state index contributed by atoms with van der Waals surface area (Å²) in [4.78, 5) is 0. The molecule has 0 bridgehead atoms. The predicted molar refractivity (Wildman–Crippen MR) is 65.2 cm³/mol. The first kappa shape index (κ1) is 10.9. The van der Waals surface area contributed by atoms with Crippen LogP contribution in [0, 0.1) is 5.92 Å². The SMILES string of the molecule is CC(C=P[PH-])CCc1ccccc1. The maximum Gasteiger partial charge on any atom is -0.0240 e. The summed E-state index contributed by atoms with van der Waals surface area (Å²) in [5.41, 5.74) is 1.44. The Balaban J connectivity index is 2.35. The van der Waals surface area contributed by atoms with Gasteiger partial charge in [0.15, 0.2) is 0 Å². The summed E-state index contributed by atoms with van der Waals surface area (Å²) in [5.74, 6) is 2.97. The Kier molecular flexibility index (Phi) is 5.28. The van der Waals surface area contributed by atoms with Crippen LogP contribution in [0.3, 0.4) is 0 Å². The summed E-state index contributed by atoms with van der Waals surface area (Å²) in [6.45, 7) is 2.26. The fourth-order valence-electron chi connectivity index (χ4n) is 1.24. The molecule has 13 heavy (non-hydrogen) atoms. The van der Waals surface area contributed by atoms with Crippen LogP contribution in [0.15, 0.2) is 30.3 Å². The molecule has 70 valence electrons. The molecule has 0 radical (unpaired) electrons. The van der Waals surface area contributed by atoms with Gasteiger partial charge in [-0.1, -0.05) is 43.1 Å². The summed E-state index contributed by atoms with van der Waals surface area (Å²) in [7, 11) is 4.64. The fourth-order valence-corrected chi connectivity index (χ4v) is 2.41.